The van der Waals surface area contributed by atoms with Crippen molar-refractivity contribution < 1.29 is 4.79 Å². The van der Waals surface area contributed by atoms with E-state index in [-0.39, 0.29) is 13.2 Å². The fourth-order valence-corrected chi connectivity index (χ4v) is 5.54. The SMILES string of the molecule is C.O=C1C(c2ccccc2)=c2c(c3ccc(Br)cc3c3cc(Br)ccc23)=C1c1ccccc1. The van der Waals surface area contributed by atoms with Gasteiger partial charge in [-0.3, -0.25) is 4.79 Å². The summed E-state index contributed by atoms with van der Waals surface area (Å²) in [5.74, 6) is 0.0806. The third-order valence-corrected chi connectivity index (χ3v) is 7.11. The van der Waals surface area contributed by atoms with Crippen molar-refractivity contribution in [3.8, 4) is 0 Å². The van der Waals surface area contributed by atoms with E-state index in [1.54, 1.807) is 0 Å². The van der Waals surface area contributed by atoms with Crippen LogP contribution < -0.4 is 10.4 Å². The van der Waals surface area contributed by atoms with Crippen LogP contribution in [0.3, 0.4) is 0 Å². The zero-order chi connectivity index (χ0) is 21.8. The van der Waals surface area contributed by atoms with Crippen LogP contribution >= 0.6 is 31.9 Å². The van der Waals surface area contributed by atoms with Gasteiger partial charge >= 0.3 is 0 Å². The quantitative estimate of drug-likeness (QED) is 0.212. The third-order valence-electron chi connectivity index (χ3n) is 6.12. The summed E-state index contributed by atoms with van der Waals surface area (Å²) in [6.45, 7) is 0. The average molecular weight is 556 g/mol. The highest BCUT2D eigenvalue weighted by Gasteiger charge is 2.28. The molecular weight excluding hydrogens is 536 g/mol. The van der Waals surface area contributed by atoms with E-state index >= 15 is 0 Å². The van der Waals surface area contributed by atoms with E-state index in [1.165, 1.54) is 0 Å². The van der Waals surface area contributed by atoms with Gasteiger partial charge in [0.15, 0.2) is 5.78 Å². The highest BCUT2D eigenvalue weighted by Crippen LogP contribution is 2.32. The van der Waals surface area contributed by atoms with Gasteiger partial charge in [0.2, 0.25) is 0 Å². The maximum Gasteiger partial charge on any atom is 0.195 e. The van der Waals surface area contributed by atoms with E-state index < -0.39 is 0 Å². The van der Waals surface area contributed by atoms with Crippen molar-refractivity contribution in [2.45, 2.75) is 7.43 Å². The first-order chi connectivity index (χ1) is 15.6. The van der Waals surface area contributed by atoms with Gasteiger partial charge in [0.05, 0.1) is 0 Å². The molecule has 0 N–H and O–H groups in total. The Balaban J connectivity index is 0.00000228. The number of carbonyl (C=O) groups is 1. The Hall–Kier alpha value is -3.01. The van der Waals surface area contributed by atoms with Crippen LogP contribution in [0.4, 0.5) is 0 Å². The number of rotatable bonds is 2. The molecule has 0 saturated carbocycles. The largest absolute Gasteiger partial charge is 0.289 e. The lowest BCUT2D eigenvalue weighted by molar-refractivity contribution is -0.108. The van der Waals surface area contributed by atoms with E-state index in [9.17, 15) is 4.79 Å². The molecule has 1 aliphatic rings. The van der Waals surface area contributed by atoms with Crippen molar-refractivity contribution >= 4 is 70.3 Å². The van der Waals surface area contributed by atoms with Crippen LogP contribution in [0.15, 0.2) is 106 Å². The molecule has 0 radical (unpaired) electrons. The first kappa shape index (κ1) is 21.8. The Morgan fingerprint density at radius 3 is 1.27 bits per heavy atom. The number of hydrogen-bond donors (Lipinski definition) is 0. The van der Waals surface area contributed by atoms with Gasteiger partial charge in [-0.25, -0.2) is 0 Å². The van der Waals surface area contributed by atoms with E-state index in [4.69, 9.17) is 0 Å². The van der Waals surface area contributed by atoms with Crippen LogP contribution in [0, 0.1) is 0 Å². The highest BCUT2D eigenvalue weighted by molar-refractivity contribution is 9.10. The topological polar surface area (TPSA) is 17.1 Å². The lowest BCUT2D eigenvalue weighted by Gasteiger charge is -2.09. The van der Waals surface area contributed by atoms with Crippen LogP contribution in [0.5, 0.6) is 0 Å². The molecule has 0 unspecified atom stereocenters. The maximum atomic E-state index is 14.1. The lowest BCUT2D eigenvalue weighted by atomic mass is 9.95. The van der Waals surface area contributed by atoms with E-state index in [0.29, 0.717) is 0 Å². The second kappa shape index (κ2) is 8.40. The van der Waals surface area contributed by atoms with E-state index in [1.807, 2.05) is 60.7 Å². The highest BCUT2D eigenvalue weighted by atomic mass is 79.9. The summed E-state index contributed by atoms with van der Waals surface area (Å²) in [7, 11) is 0. The van der Waals surface area contributed by atoms with Gasteiger partial charge in [-0.05, 0) is 56.9 Å². The monoisotopic (exact) mass is 554 g/mol. The molecule has 33 heavy (non-hydrogen) atoms. The molecule has 1 nitrogen and oxygen atoms in total. The Bertz CT molecular complexity index is 1560. The second-order valence-corrected chi connectivity index (χ2v) is 9.77. The zero-order valence-electron chi connectivity index (χ0n) is 16.9. The summed E-state index contributed by atoms with van der Waals surface area (Å²) in [5, 5.41) is 6.49. The molecule has 6 rings (SSSR count). The number of ketones is 1. The molecule has 0 aliphatic heterocycles. The molecule has 5 aromatic carbocycles. The molecule has 1 aliphatic carbocycles. The molecule has 0 amide bonds. The van der Waals surface area contributed by atoms with Gasteiger partial charge in [0.25, 0.3) is 0 Å². The molecule has 0 bridgehead atoms. The van der Waals surface area contributed by atoms with Gasteiger partial charge in [0, 0.05) is 30.5 Å². The lowest BCUT2D eigenvalue weighted by Crippen LogP contribution is -2.27. The smallest absolute Gasteiger partial charge is 0.195 e. The van der Waals surface area contributed by atoms with Crippen molar-refractivity contribution in [2.75, 3.05) is 0 Å². The van der Waals surface area contributed by atoms with Gasteiger partial charge in [-0.1, -0.05) is 112 Å². The minimum atomic E-state index is 0. The van der Waals surface area contributed by atoms with Crippen molar-refractivity contribution in [3.05, 3.63) is 128 Å². The Morgan fingerprint density at radius 2 is 0.879 bits per heavy atom. The summed E-state index contributed by atoms with van der Waals surface area (Å²) in [5.41, 5.74) is 3.45. The molecule has 5 aromatic rings. The molecule has 0 saturated heterocycles. The zero-order valence-corrected chi connectivity index (χ0v) is 20.1. The molecule has 0 atom stereocenters. The fourth-order valence-electron chi connectivity index (χ4n) is 4.82. The van der Waals surface area contributed by atoms with Crippen LogP contribution in [0.1, 0.15) is 18.6 Å². The third kappa shape index (κ3) is 3.38. The van der Waals surface area contributed by atoms with E-state index in [2.05, 4.69) is 68.3 Å². The van der Waals surface area contributed by atoms with Gasteiger partial charge in [-0.2, -0.15) is 0 Å². The normalized spacial score (nSPS) is 12.8. The van der Waals surface area contributed by atoms with Gasteiger partial charge in [-0.15, -0.1) is 0 Å². The van der Waals surface area contributed by atoms with Gasteiger partial charge in [0.1, 0.15) is 0 Å². The van der Waals surface area contributed by atoms with E-state index in [0.717, 1.165) is 63.2 Å². The number of hydrogen-bond acceptors (Lipinski definition) is 1. The number of halogens is 2. The summed E-state index contributed by atoms with van der Waals surface area (Å²) < 4.78 is 2.04. The predicted octanol–water partition coefficient (Wildman–Crippen LogP) is 7.13. The summed E-state index contributed by atoms with van der Waals surface area (Å²) in [4.78, 5) is 14.1. The molecule has 160 valence electrons. The second-order valence-electron chi connectivity index (χ2n) is 7.94. The van der Waals surface area contributed by atoms with Crippen LogP contribution in [-0.2, 0) is 4.79 Å². The molecule has 0 fully saturated rings. The Kier molecular flexibility index (Phi) is 5.55. The molecule has 0 aromatic heterocycles. The van der Waals surface area contributed by atoms with Crippen LogP contribution in [0.25, 0.3) is 32.7 Å². The molecule has 0 spiro atoms. The minimum Gasteiger partial charge on any atom is -0.289 e. The summed E-state index contributed by atoms with van der Waals surface area (Å²) in [6.07, 6.45) is 0. The first-order valence-corrected chi connectivity index (χ1v) is 12.0. The first-order valence-electron chi connectivity index (χ1n) is 10.4. The van der Waals surface area contributed by atoms with Crippen molar-refractivity contribution in [3.63, 3.8) is 0 Å². The van der Waals surface area contributed by atoms with Crippen molar-refractivity contribution in [2.24, 2.45) is 0 Å². The van der Waals surface area contributed by atoms with Crippen molar-refractivity contribution in [1.29, 1.82) is 0 Å². The minimum absolute atomic E-state index is 0. The summed E-state index contributed by atoms with van der Waals surface area (Å²) in [6, 6.07) is 32.7. The molecule has 3 heteroatoms. The number of carbonyl (C=O) groups excluding carboxylic acids is 1. The Morgan fingerprint density at radius 1 is 0.485 bits per heavy atom. The number of fused-ring (bicyclic) bond motifs is 6. The van der Waals surface area contributed by atoms with Crippen LogP contribution in [-0.4, -0.2) is 5.78 Å². The predicted molar refractivity (Wildman–Crippen MR) is 146 cm³/mol. The number of Topliss-reactive ketones (excluding diaryl/α,β-unsaturated/α-hetero) is 1. The summed E-state index contributed by atoms with van der Waals surface area (Å²) >= 11 is 7.29. The Labute approximate surface area is 209 Å². The molecular formula is C30H20Br2O. The fraction of sp³-hybridized carbons (Fsp3) is 0.0333. The standard InChI is InChI=1S/C29H16Br2O.CH4/c30-19-11-13-21-23(15-19)24-16-20(31)12-14-22(24)28-26(18-9-5-2-6-10-18)29(32)25(27(21)28)17-7-3-1-4-8-17;/h1-16H;1H4. The average Bonchev–Trinajstić information content (AvgIpc) is 3.13. The maximum absolute atomic E-state index is 14.1. The van der Waals surface area contributed by atoms with Crippen LogP contribution in [0.2, 0.25) is 0 Å². The number of benzene rings is 5. The van der Waals surface area contributed by atoms with Gasteiger partial charge < -0.3 is 0 Å². The molecule has 0 heterocycles. The van der Waals surface area contributed by atoms with Crippen molar-refractivity contribution in [1.82, 2.24) is 0 Å².